The van der Waals surface area contributed by atoms with Gasteiger partial charge in [0.25, 0.3) is 0 Å². The van der Waals surface area contributed by atoms with Gasteiger partial charge in [-0.15, -0.1) is 0 Å². The van der Waals surface area contributed by atoms with Crippen LogP contribution in [0.3, 0.4) is 0 Å². The number of fused-ring (bicyclic) bond motifs is 1. The number of rotatable bonds is 1. The van der Waals surface area contributed by atoms with Crippen LogP contribution in [0, 0.1) is 0 Å². The summed E-state index contributed by atoms with van der Waals surface area (Å²) in [5, 5.41) is 3.30. The highest BCUT2D eigenvalue weighted by molar-refractivity contribution is 5.76. The van der Waals surface area contributed by atoms with Crippen LogP contribution in [0.2, 0.25) is 0 Å². The van der Waals surface area contributed by atoms with E-state index in [1.807, 2.05) is 18.2 Å². The Morgan fingerprint density at radius 3 is 3.12 bits per heavy atom. The molecule has 0 bridgehead atoms. The van der Waals surface area contributed by atoms with Crippen molar-refractivity contribution < 1.29 is 4.74 Å². The summed E-state index contributed by atoms with van der Waals surface area (Å²) in [5.74, 6) is 0. The normalized spacial score (nSPS) is 20.9. The molecule has 1 fully saturated rings. The fourth-order valence-corrected chi connectivity index (χ4v) is 2.23. The fraction of sp³-hybridized carbons (Fsp3) is 0.417. The van der Waals surface area contributed by atoms with E-state index in [-0.39, 0.29) is 11.8 Å². The maximum absolute atomic E-state index is 11.5. The highest BCUT2D eigenvalue weighted by Gasteiger charge is 2.16. The third kappa shape index (κ3) is 1.77. The van der Waals surface area contributed by atoms with Crippen molar-refractivity contribution >= 4 is 11.0 Å². The summed E-state index contributed by atoms with van der Waals surface area (Å²) in [6, 6.07) is 5.97. The summed E-state index contributed by atoms with van der Waals surface area (Å²) in [6.07, 6.45) is 0.0804. The second-order valence-electron chi connectivity index (χ2n) is 4.33. The number of aromatic nitrogens is 2. The summed E-state index contributed by atoms with van der Waals surface area (Å²) in [4.78, 5) is 14.3. The molecule has 0 spiro atoms. The highest BCUT2D eigenvalue weighted by Crippen LogP contribution is 2.21. The average molecular weight is 233 g/mol. The number of nitrogens with one attached hydrogen (secondary N) is 2. The maximum Gasteiger partial charge on any atom is 0.326 e. The Balaban J connectivity index is 2.04. The molecule has 0 radical (unpaired) electrons. The van der Waals surface area contributed by atoms with Crippen molar-refractivity contribution in [2.75, 3.05) is 19.7 Å². The summed E-state index contributed by atoms with van der Waals surface area (Å²) in [7, 11) is 1.76. The number of H-pyrrole nitrogens is 1. The van der Waals surface area contributed by atoms with Gasteiger partial charge < -0.3 is 15.0 Å². The van der Waals surface area contributed by atoms with Gasteiger partial charge in [-0.3, -0.25) is 4.57 Å². The lowest BCUT2D eigenvalue weighted by Gasteiger charge is -2.23. The van der Waals surface area contributed by atoms with Gasteiger partial charge in [-0.2, -0.15) is 0 Å². The van der Waals surface area contributed by atoms with E-state index in [0.717, 1.165) is 36.3 Å². The van der Waals surface area contributed by atoms with E-state index < -0.39 is 0 Å². The Hall–Kier alpha value is -1.59. The SMILES string of the molecule is Cn1c(=O)[nH]c2cc(C3CNCCO3)ccc21. The monoisotopic (exact) mass is 233 g/mol. The van der Waals surface area contributed by atoms with Gasteiger partial charge in [0.2, 0.25) is 0 Å². The van der Waals surface area contributed by atoms with Crippen molar-refractivity contribution in [3.63, 3.8) is 0 Å². The molecule has 3 rings (SSSR count). The lowest BCUT2D eigenvalue weighted by atomic mass is 10.1. The summed E-state index contributed by atoms with van der Waals surface area (Å²) in [6.45, 7) is 2.46. The molecule has 5 heteroatoms. The van der Waals surface area contributed by atoms with E-state index in [2.05, 4.69) is 10.3 Å². The fourth-order valence-electron chi connectivity index (χ4n) is 2.23. The first-order chi connectivity index (χ1) is 8.25. The van der Waals surface area contributed by atoms with E-state index in [1.54, 1.807) is 11.6 Å². The Morgan fingerprint density at radius 2 is 2.35 bits per heavy atom. The molecule has 1 aliphatic rings. The highest BCUT2D eigenvalue weighted by atomic mass is 16.5. The van der Waals surface area contributed by atoms with E-state index in [1.165, 1.54) is 0 Å². The first kappa shape index (κ1) is 10.6. The van der Waals surface area contributed by atoms with Crippen LogP contribution >= 0.6 is 0 Å². The second-order valence-corrected chi connectivity index (χ2v) is 4.33. The largest absolute Gasteiger partial charge is 0.371 e. The zero-order valence-electron chi connectivity index (χ0n) is 9.69. The first-order valence-electron chi connectivity index (χ1n) is 5.76. The number of hydrogen-bond donors (Lipinski definition) is 2. The van der Waals surface area contributed by atoms with Crippen molar-refractivity contribution in [2.24, 2.45) is 7.05 Å². The molecular weight excluding hydrogens is 218 g/mol. The smallest absolute Gasteiger partial charge is 0.326 e. The van der Waals surface area contributed by atoms with Gasteiger partial charge in [0.05, 0.1) is 23.7 Å². The van der Waals surface area contributed by atoms with Crippen LogP contribution in [0.1, 0.15) is 11.7 Å². The van der Waals surface area contributed by atoms with Gasteiger partial charge in [0.1, 0.15) is 0 Å². The predicted octanol–water partition coefficient (Wildman–Crippen LogP) is 0.527. The van der Waals surface area contributed by atoms with Crippen LogP contribution in [0.5, 0.6) is 0 Å². The number of hydrogen-bond acceptors (Lipinski definition) is 3. The molecule has 90 valence electrons. The van der Waals surface area contributed by atoms with Crippen LogP contribution in [0.25, 0.3) is 11.0 Å². The zero-order valence-corrected chi connectivity index (χ0v) is 9.69. The average Bonchev–Trinajstić information content (AvgIpc) is 2.66. The van der Waals surface area contributed by atoms with Crippen LogP contribution in [0.15, 0.2) is 23.0 Å². The summed E-state index contributed by atoms with van der Waals surface area (Å²) in [5.41, 5.74) is 2.80. The van der Waals surface area contributed by atoms with Gasteiger partial charge in [-0.1, -0.05) is 6.07 Å². The zero-order chi connectivity index (χ0) is 11.8. The minimum absolute atomic E-state index is 0.0804. The topological polar surface area (TPSA) is 59.0 Å². The first-order valence-corrected chi connectivity index (χ1v) is 5.76. The minimum Gasteiger partial charge on any atom is -0.371 e. The summed E-state index contributed by atoms with van der Waals surface area (Å²) < 4.78 is 7.30. The lowest BCUT2D eigenvalue weighted by molar-refractivity contribution is 0.0278. The molecule has 17 heavy (non-hydrogen) atoms. The molecule has 1 atom stereocenters. The van der Waals surface area contributed by atoms with Crippen LogP contribution in [-0.2, 0) is 11.8 Å². The van der Waals surface area contributed by atoms with E-state index in [9.17, 15) is 4.79 Å². The third-order valence-electron chi connectivity index (χ3n) is 3.23. The Labute approximate surface area is 98.4 Å². The Bertz CT molecular complexity index is 593. The molecule has 2 heterocycles. The summed E-state index contributed by atoms with van der Waals surface area (Å²) >= 11 is 0. The molecule has 2 N–H and O–H groups in total. The van der Waals surface area contributed by atoms with Gasteiger partial charge >= 0.3 is 5.69 Å². The lowest BCUT2D eigenvalue weighted by Crippen LogP contribution is -2.33. The van der Waals surface area contributed by atoms with Gasteiger partial charge in [-0.25, -0.2) is 4.79 Å². The standard InChI is InChI=1S/C12H15N3O2/c1-15-10-3-2-8(6-9(10)14-12(15)16)11-7-13-4-5-17-11/h2-3,6,11,13H,4-5,7H2,1H3,(H,14,16). The van der Waals surface area contributed by atoms with Crippen molar-refractivity contribution in [2.45, 2.75) is 6.10 Å². The van der Waals surface area contributed by atoms with Crippen LogP contribution in [-0.4, -0.2) is 29.2 Å². The minimum atomic E-state index is -0.0835. The quantitative estimate of drug-likeness (QED) is 0.755. The molecule has 1 aromatic heterocycles. The third-order valence-corrected chi connectivity index (χ3v) is 3.23. The molecule has 0 amide bonds. The number of benzene rings is 1. The molecule has 5 nitrogen and oxygen atoms in total. The van der Waals surface area contributed by atoms with Gasteiger partial charge in [0, 0.05) is 20.1 Å². The van der Waals surface area contributed by atoms with E-state index in [4.69, 9.17) is 4.74 Å². The molecule has 1 aliphatic heterocycles. The number of nitrogens with zero attached hydrogens (tertiary/aromatic N) is 1. The van der Waals surface area contributed by atoms with Crippen LogP contribution < -0.4 is 11.0 Å². The molecule has 1 unspecified atom stereocenters. The van der Waals surface area contributed by atoms with E-state index in [0.29, 0.717) is 0 Å². The van der Waals surface area contributed by atoms with Crippen LogP contribution in [0.4, 0.5) is 0 Å². The number of imidazole rings is 1. The Kier molecular flexibility index (Phi) is 2.49. The number of aryl methyl sites for hydroxylation is 1. The number of morpholine rings is 1. The number of ether oxygens (including phenoxy) is 1. The molecule has 2 aromatic rings. The molecule has 0 saturated carbocycles. The molecule has 0 aliphatic carbocycles. The maximum atomic E-state index is 11.5. The van der Waals surface area contributed by atoms with Gasteiger partial charge in [0.15, 0.2) is 0 Å². The van der Waals surface area contributed by atoms with E-state index >= 15 is 0 Å². The Morgan fingerprint density at radius 1 is 1.47 bits per heavy atom. The van der Waals surface area contributed by atoms with Crippen molar-refractivity contribution in [1.29, 1.82) is 0 Å². The van der Waals surface area contributed by atoms with Crippen molar-refractivity contribution in [3.05, 3.63) is 34.2 Å². The van der Waals surface area contributed by atoms with Crippen molar-refractivity contribution in [3.8, 4) is 0 Å². The molecule has 1 aromatic carbocycles. The molecular formula is C12H15N3O2. The molecule has 1 saturated heterocycles. The van der Waals surface area contributed by atoms with Crippen molar-refractivity contribution in [1.82, 2.24) is 14.9 Å². The predicted molar refractivity (Wildman–Crippen MR) is 65.1 cm³/mol. The second kappa shape index (κ2) is 4.01. The number of aromatic amines is 1. The van der Waals surface area contributed by atoms with Gasteiger partial charge in [-0.05, 0) is 17.7 Å².